The van der Waals surface area contributed by atoms with E-state index in [0.29, 0.717) is 5.37 Å². The average molecular weight is 259 g/mol. The monoisotopic (exact) mass is 259 g/mol. The topological polar surface area (TPSA) is 29.9 Å². The van der Waals surface area contributed by atoms with Gasteiger partial charge in [-0.3, -0.25) is 0 Å². The molecule has 0 radical (unpaired) electrons. The molecule has 2 heterocycles. The fourth-order valence-electron chi connectivity index (χ4n) is 2.09. The van der Waals surface area contributed by atoms with E-state index in [-0.39, 0.29) is 0 Å². The SMILES string of the molecule is CC1CNC(c2cnn(-c3ccccc3)c2)SC1. The van der Waals surface area contributed by atoms with Crippen LogP contribution in [-0.4, -0.2) is 22.1 Å². The third-order valence-corrected chi connectivity index (χ3v) is 4.66. The van der Waals surface area contributed by atoms with Crippen LogP contribution in [0.15, 0.2) is 42.7 Å². The Labute approximate surface area is 112 Å². The normalized spacial score (nSPS) is 24.1. The Morgan fingerprint density at radius 3 is 2.89 bits per heavy atom. The van der Waals surface area contributed by atoms with E-state index in [1.807, 2.05) is 40.8 Å². The number of nitrogens with zero attached hydrogens (tertiary/aromatic N) is 2. The van der Waals surface area contributed by atoms with E-state index in [1.165, 1.54) is 11.3 Å². The fraction of sp³-hybridized carbons (Fsp3) is 0.357. The van der Waals surface area contributed by atoms with Gasteiger partial charge in [-0.05, 0) is 30.3 Å². The van der Waals surface area contributed by atoms with E-state index >= 15 is 0 Å². The maximum Gasteiger partial charge on any atom is 0.0820 e. The summed E-state index contributed by atoms with van der Waals surface area (Å²) < 4.78 is 1.94. The van der Waals surface area contributed by atoms with Gasteiger partial charge in [0, 0.05) is 11.8 Å². The summed E-state index contributed by atoms with van der Waals surface area (Å²) >= 11 is 1.97. The van der Waals surface area contributed by atoms with Gasteiger partial charge in [0.25, 0.3) is 0 Å². The van der Waals surface area contributed by atoms with Crippen LogP contribution in [0.4, 0.5) is 0 Å². The molecule has 2 aromatic rings. The zero-order valence-corrected chi connectivity index (χ0v) is 11.2. The second-order valence-corrected chi connectivity index (χ2v) is 5.92. The van der Waals surface area contributed by atoms with Crippen LogP contribution in [0.2, 0.25) is 0 Å². The molecule has 1 aromatic heterocycles. The zero-order valence-electron chi connectivity index (χ0n) is 10.4. The molecule has 0 amide bonds. The summed E-state index contributed by atoms with van der Waals surface area (Å²) in [4.78, 5) is 0. The molecule has 1 fully saturated rings. The summed E-state index contributed by atoms with van der Waals surface area (Å²) in [5.41, 5.74) is 2.37. The Bertz CT molecular complexity index is 501. The number of hydrogen-bond acceptors (Lipinski definition) is 3. The molecule has 0 bridgehead atoms. The van der Waals surface area contributed by atoms with Crippen molar-refractivity contribution < 1.29 is 0 Å². The minimum atomic E-state index is 0.388. The van der Waals surface area contributed by atoms with Crippen molar-refractivity contribution in [1.82, 2.24) is 15.1 Å². The molecule has 2 unspecified atom stereocenters. The molecule has 4 heteroatoms. The molecule has 18 heavy (non-hydrogen) atoms. The number of aromatic nitrogens is 2. The van der Waals surface area contributed by atoms with E-state index in [9.17, 15) is 0 Å². The van der Waals surface area contributed by atoms with Crippen molar-refractivity contribution in [3.63, 3.8) is 0 Å². The van der Waals surface area contributed by atoms with Gasteiger partial charge in [-0.2, -0.15) is 5.10 Å². The number of nitrogens with one attached hydrogen (secondary N) is 1. The molecular formula is C14H17N3S. The maximum absolute atomic E-state index is 4.44. The largest absolute Gasteiger partial charge is 0.301 e. The van der Waals surface area contributed by atoms with Crippen molar-refractivity contribution in [2.75, 3.05) is 12.3 Å². The maximum atomic E-state index is 4.44. The predicted molar refractivity (Wildman–Crippen MR) is 75.9 cm³/mol. The number of hydrogen-bond donors (Lipinski definition) is 1. The summed E-state index contributed by atoms with van der Waals surface area (Å²) in [6.45, 7) is 3.37. The third-order valence-electron chi connectivity index (χ3n) is 3.13. The second-order valence-electron chi connectivity index (χ2n) is 4.78. The number of para-hydroxylation sites is 1. The number of thioether (sulfide) groups is 1. The van der Waals surface area contributed by atoms with Crippen LogP contribution in [0.3, 0.4) is 0 Å². The van der Waals surface area contributed by atoms with Crippen molar-refractivity contribution in [3.05, 3.63) is 48.3 Å². The highest BCUT2D eigenvalue weighted by atomic mass is 32.2. The quantitative estimate of drug-likeness (QED) is 0.899. The van der Waals surface area contributed by atoms with Crippen LogP contribution in [0.25, 0.3) is 5.69 Å². The molecule has 2 atom stereocenters. The van der Waals surface area contributed by atoms with Crippen LogP contribution in [0.5, 0.6) is 0 Å². The van der Waals surface area contributed by atoms with Gasteiger partial charge < -0.3 is 5.32 Å². The molecule has 3 nitrogen and oxygen atoms in total. The summed E-state index contributed by atoms with van der Waals surface area (Å²) in [5.74, 6) is 1.98. The molecule has 1 N–H and O–H groups in total. The lowest BCUT2D eigenvalue weighted by atomic mass is 10.2. The summed E-state index contributed by atoms with van der Waals surface area (Å²) in [6.07, 6.45) is 4.09. The molecule has 0 saturated carbocycles. The Hall–Kier alpha value is -1.26. The zero-order chi connectivity index (χ0) is 12.4. The van der Waals surface area contributed by atoms with Gasteiger partial charge in [0.2, 0.25) is 0 Å². The lowest BCUT2D eigenvalue weighted by molar-refractivity contribution is 0.529. The lowest BCUT2D eigenvalue weighted by Gasteiger charge is -2.26. The van der Waals surface area contributed by atoms with Gasteiger partial charge in [0.15, 0.2) is 0 Å². The fourth-order valence-corrected chi connectivity index (χ4v) is 3.26. The smallest absolute Gasteiger partial charge is 0.0820 e. The van der Waals surface area contributed by atoms with Gasteiger partial charge >= 0.3 is 0 Å². The molecular weight excluding hydrogens is 242 g/mol. The molecule has 1 aliphatic heterocycles. The first-order valence-corrected chi connectivity index (χ1v) is 7.33. The van der Waals surface area contributed by atoms with E-state index in [0.717, 1.165) is 18.2 Å². The summed E-state index contributed by atoms with van der Waals surface area (Å²) in [7, 11) is 0. The van der Waals surface area contributed by atoms with Gasteiger partial charge in [0.05, 0.1) is 17.3 Å². The molecule has 0 spiro atoms. The van der Waals surface area contributed by atoms with Gasteiger partial charge in [-0.15, -0.1) is 11.8 Å². The minimum Gasteiger partial charge on any atom is -0.301 e. The first-order valence-electron chi connectivity index (χ1n) is 6.28. The van der Waals surface area contributed by atoms with Crippen molar-refractivity contribution in [2.45, 2.75) is 12.3 Å². The predicted octanol–water partition coefficient (Wildman–Crippen LogP) is 2.84. The van der Waals surface area contributed by atoms with E-state index in [4.69, 9.17) is 0 Å². The Morgan fingerprint density at radius 1 is 1.33 bits per heavy atom. The van der Waals surface area contributed by atoms with Crippen molar-refractivity contribution >= 4 is 11.8 Å². The Morgan fingerprint density at radius 2 is 2.17 bits per heavy atom. The van der Waals surface area contributed by atoms with Crippen LogP contribution in [0.1, 0.15) is 17.9 Å². The van der Waals surface area contributed by atoms with E-state index < -0.39 is 0 Å². The number of rotatable bonds is 2. The van der Waals surface area contributed by atoms with Crippen molar-refractivity contribution in [3.8, 4) is 5.69 Å². The van der Waals surface area contributed by atoms with Crippen molar-refractivity contribution in [2.24, 2.45) is 5.92 Å². The minimum absolute atomic E-state index is 0.388. The molecule has 1 aromatic carbocycles. The first-order chi connectivity index (χ1) is 8.83. The van der Waals surface area contributed by atoms with Crippen LogP contribution in [0, 0.1) is 5.92 Å². The molecule has 1 saturated heterocycles. The van der Waals surface area contributed by atoms with Gasteiger partial charge in [0.1, 0.15) is 0 Å². The van der Waals surface area contributed by atoms with Gasteiger partial charge in [-0.25, -0.2) is 4.68 Å². The Kier molecular flexibility index (Phi) is 3.39. The van der Waals surface area contributed by atoms with Crippen LogP contribution in [-0.2, 0) is 0 Å². The van der Waals surface area contributed by atoms with E-state index in [1.54, 1.807) is 0 Å². The average Bonchev–Trinajstić information content (AvgIpc) is 2.90. The number of benzene rings is 1. The highest BCUT2D eigenvalue weighted by molar-refractivity contribution is 7.99. The van der Waals surface area contributed by atoms with Crippen molar-refractivity contribution in [1.29, 1.82) is 0 Å². The van der Waals surface area contributed by atoms with Gasteiger partial charge in [-0.1, -0.05) is 25.1 Å². The first kappa shape index (κ1) is 11.8. The summed E-state index contributed by atoms with van der Waals surface area (Å²) in [6, 6.07) is 10.2. The van der Waals surface area contributed by atoms with Crippen LogP contribution >= 0.6 is 11.8 Å². The highest BCUT2D eigenvalue weighted by Crippen LogP contribution is 2.31. The standard InChI is InChI=1S/C14H17N3S/c1-11-7-15-14(18-10-11)12-8-16-17(9-12)13-5-3-2-4-6-13/h2-6,8-9,11,14-15H,7,10H2,1H3. The lowest BCUT2D eigenvalue weighted by Crippen LogP contribution is -2.30. The molecule has 3 rings (SSSR count). The molecule has 1 aliphatic rings. The van der Waals surface area contributed by atoms with E-state index in [2.05, 4.69) is 35.7 Å². The third kappa shape index (κ3) is 2.44. The van der Waals surface area contributed by atoms with Crippen LogP contribution < -0.4 is 5.32 Å². The molecule has 94 valence electrons. The Balaban J connectivity index is 1.78. The molecule has 0 aliphatic carbocycles. The second kappa shape index (κ2) is 5.16. The highest BCUT2D eigenvalue weighted by Gasteiger charge is 2.20. The summed E-state index contributed by atoms with van der Waals surface area (Å²) in [5, 5.41) is 8.39.